The van der Waals surface area contributed by atoms with Crippen molar-refractivity contribution in [1.29, 1.82) is 0 Å². The van der Waals surface area contributed by atoms with Crippen LogP contribution in [0.2, 0.25) is 0 Å². The van der Waals surface area contributed by atoms with Crippen LogP contribution in [-0.2, 0) is 6.42 Å². The van der Waals surface area contributed by atoms with Crippen molar-refractivity contribution in [2.24, 2.45) is 5.92 Å². The quantitative estimate of drug-likeness (QED) is 0.811. The molecule has 102 valence electrons. The van der Waals surface area contributed by atoms with Gasteiger partial charge < -0.3 is 14.4 Å². The third-order valence-corrected chi connectivity index (χ3v) is 4.19. The molecule has 1 heterocycles. The normalized spacial score (nSPS) is 20.6. The molecule has 0 saturated carbocycles. The Balaban J connectivity index is 1.64. The standard InChI is InChI=1S/C16H21NO2/c1-18-15-6-4-12(10-16(15)19-2)7-8-17-11-13-3-5-14(17)9-13/h4-6,10,13H,3,7-9,11H2,1-2H3. The van der Waals surface area contributed by atoms with Crippen molar-refractivity contribution < 1.29 is 9.47 Å². The monoisotopic (exact) mass is 259 g/mol. The first-order chi connectivity index (χ1) is 9.30. The van der Waals surface area contributed by atoms with Crippen molar-refractivity contribution in [3.8, 4) is 11.5 Å². The van der Waals surface area contributed by atoms with Crippen LogP contribution in [0.25, 0.3) is 0 Å². The molecule has 1 fully saturated rings. The molecule has 2 bridgehead atoms. The fourth-order valence-corrected chi connectivity index (χ4v) is 3.13. The summed E-state index contributed by atoms with van der Waals surface area (Å²) in [7, 11) is 3.36. The van der Waals surface area contributed by atoms with E-state index in [0.29, 0.717) is 0 Å². The molecular weight excluding hydrogens is 238 g/mol. The van der Waals surface area contributed by atoms with Gasteiger partial charge in [0.25, 0.3) is 0 Å². The van der Waals surface area contributed by atoms with Crippen molar-refractivity contribution >= 4 is 0 Å². The molecule has 1 atom stereocenters. The molecule has 1 aromatic rings. The number of hydrogen-bond donors (Lipinski definition) is 0. The number of methoxy groups -OCH3 is 2. The Labute approximate surface area is 114 Å². The van der Waals surface area contributed by atoms with Gasteiger partial charge in [-0.15, -0.1) is 0 Å². The summed E-state index contributed by atoms with van der Waals surface area (Å²) in [6.45, 7) is 2.36. The van der Waals surface area contributed by atoms with E-state index in [9.17, 15) is 0 Å². The largest absolute Gasteiger partial charge is 0.493 e. The van der Waals surface area contributed by atoms with Gasteiger partial charge in [-0.25, -0.2) is 0 Å². The number of benzene rings is 1. The first kappa shape index (κ1) is 12.4. The van der Waals surface area contributed by atoms with Gasteiger partial charge in [-0.3, -0.25) is 0 Å². The van der Waals surface area contributed by atoms with E-state index < -0.39 is 0 Å². The van der Waals surface area contributed by atoms with Crippen molar-refractivity contribution in [1.82, 2.24) is 4.90 Å². The van der Waals surface area contributed by atoms with Gasteiger partial charge in [0.15, 0.2) is 11.5 Å². The molecule has 3 rings (SSSR count). The highest BCUT2D eigenvalue weighted by atomic mass is 16.5. The van der Waals surface area contributed by atoms with Crippen LogP contribution >= 0.6 is 0 Å². The zero-order valence-corrected chi connectivity index (χ0v) is 11.7. The van der Waals surface area contributed by atoms with Crippen LogP contribution in [0.5, 0.6) is 11.5 Å². The summed E-state index contributed by atoms with van der Waals surface area (Å²) in [6, 6.07) is 6.20. The molecule has 19 heavy (non-hydrogen) atoms. The molecule has 1 aromatic carbocycles. The number of fused-ring (bicyclic) bond motifs is 2. The molecule has 0 N–H and O–H groups in total. The maximum atomic E-state index is 5.35. The van der Waals surface area contributed by atoms with Crippen molar-refractivity contribution in [2.45, 2.75) is 19.3 Å². The number of rotatable bonds is 5. The van der Waals surface area contributed by atoms with Gasteiger partial charge in [-0.2, -0.15) is 0 Å². The highest BCUT2D eigenvalue weighted by Gasteiger charge is 2.29. The summed E-state index contributed by atoms with van der Waals surface area (Å²) in [4.78, 5) is 2.53. The van der Waals surface area contributed by atoms with Crippen LogP contribution < -0.4 is 9.47 Å². The first-order valence-electron chi connectivity index (χ1n) is 6.95. The molecule has 1 aliphatic carbocycles. The van der Waals surface area contributed by atoms with Gasteiger partial charge in [0.2, 0.25) is 0 Å². The van der Waals surface area contributed by atoms with Gasteiger partial charge in [0.05, 0.1) is 14.2 Å². The molecule has 3 heteroatoms. The van der Waals surface area contributed by atoms with E-state index in [0.717, 1.165) is 30.4 Å². The topological polar surface area (TPSA) is 21.7 Å². The Bertz CT molecular complexity index is 496. The minimum absolute atomic E-state index is 0.800. The van der Waals surface area contributed by atoms with Gasteiger partial charge in [-0.1, -0.05) is 12.1 Å². The molecule has 0 radical (unpaired) electrons. The molecular formula is C16H21NO2. The Morgan fingerprint density at radius 3 is 2.68 bits per heavy atom. The van der Waals surface area contributed by atoms with Crippen LogP contribution in [0.1, 0.15) is 18.4 Å². The number of likely N-dealkylation sites (tertiary alicyclic amines) is 1. The SMILES string of the molecule is COc1ccc(CCN2CC3CC=C2C3)cc1OC. The number of nitrogens with zero attached hydrogens (tertiary/aromatic N) is 1. The van der Waals surface area contributed by atoms with Crippen LogP contribution in [0.15, 0.2) is 30.0 Å². The van der Waals surface area contributed by atoms with Gasteiger partial charge in [-0.05, 0) is 42.9 Å². The predicted octanol–water partition coefficient (Wildman–Crippen LogP) is 2.86. The van der Waals surface area contributed by atoms with E-state index in [4.69, 9.17) is 9.47 Å². The van der Waals surface area contributed by atoms with Crippen LogP contribution in [0.3, 0.4) is 0 Å². The van der Waals surface area contributed by atoms with E-state index in [2.05, 4.69) is 23.1 Å². The fraction of sp³-hybridized carbons (Fsp3) is 0.500. The minimum atomic E-state index is 0.800. The summed E-state index contributed by atoms with van der Waals surface area (Å²) in [5, 5.41) is 0. The maximum Gasteiger partial charge on any atom is 0.160 e. The lowest BCUT2D eigenvalue weighted by molar-refractivity contribution is 0.348. The Hall–Kier alpha value is -1.64. The predicted molar refractivity (Wildman–Crippen MR) is 75.6 cm³/mol. The van der Waals surface area contributed by atoms with Crippen molar-refractivity contribution in [3.63, 3.8) is 0 Å². The lowest BCUT2D eigenvalue weighted by Gasteiger charge is -2.23. The van der Waals surface area contributed by atoms with Crippen LogP contribution in [0.4, 0.5) is 0 Å². The summed E-state index contributed by atoms with van der Waals surface area (Å²) >= 11 is 0. The molecule has 0 spiro atoms. The van der Waals surface area contributed by atoms with Gasteiger partial charge >= 0.3 is 0 Å². The first-order valence-corrected chi connectivity index (χ1v) is 6.95. The fourth-order valence-electron chi connectivity index (χ4n) is 3.13. The summed E-state index contributed by atoms with van der Waals surface area (Å²) in [6.07, 6.45) is 6.06. The Kier molecular flexibility index (Phi) is 3.36. The smallest absolute Gasteiger partial charge is 0.160 e. The number of hydrogen-bond acceptors (Lipinski definition) is 3. The van der Waals surface area contributed by atoms with Gasteiger partial charge in [0.1, 0.15) is 0 Å². The molecule has 0 amide bonds. The van der Waals surface area contributed by atoms with E-state index in [-0.39, 0.29) is 0 Å². The molecule has 1 unspecified atom stereocenters. The third kappa shape index (κ3) is 2.42. The third-order valence-electron chi connectivity index (χ3n) is 4.19. The molecule has 0 aromatic heterocycles. The van der Waals surface area contributed by atoms with E-state index in [1.165, 1.54) is 24.9 Å². The summed E-state index contributed by atoms with van der Waals surface area (Å²) < 4.78 is 10.6. The molecule has 1 saturated heterocycles. The van der Waals surface area contributed by atoms with Crippen LogP contribution in [0, 0.1) is 5.92 Å². The Morgan fingerprint density at radius 2 is 2.05 bits per heavy atom. The van der Waals surface area contributed by atoms with Crippen molar-refractivity contribution in [3.05, 3.63) is 35.5 Å². The highest BCUT2D eigenvalue weighted by molar-refractivity contribution is 5.43. The van der Waals surface area contributed by atoms with Crippen LogP contribution in [-0.4, -0.2) is 32.2 Å². The zero-order valence-electron chi connectivity index (χ0n) is 11.7. The average molecular weight is 259 g/mol. The number of allylic oxidation sites excluding steroid dienone is 2. The second-order valence-electron chi connectivity index (χ2n) is 5.39. The molecule has 1 aliphatic heterocycles. The number of ether oxygens (including phenoxy) is 2. The Morgan fingerprint density at radius 1 is 1.21 bits per heavy atom. The second-order valence-corrected chi connectivity index (χ2v) is 5.39. The van der Waals surface area contributed by atoms with Crippen molar-refractivity contribution in [2.75, 3.05) is 27.3 Å². The molecule has 3 nitrogen and oxygen atoms in total. The molecule has 2 aliphatic rings. The maximum absolute atomic E-state index is 5.35. The summed E-state index contributed by atoms with van der Waals surface area (Å²) in [5.74, 6) is 2.51. The van der Waals surface area contributed by atoms with E-state index in [1.807, 2.05) is 6.07 Å². The highest BCUT2D eigenvalue weighted by Crippen LogP contribution is 2.36. The van der Waals surface area contributed by atoms with E-state index >= 15 is 0 Å². The second kappa shape index (κ2) is 5.16. The van der Waals surface area contributed by atoms with E-state index in [1.54, 1.807) is 19.9 Å². The lowest BCUT2D eigenvalue weighted by Crippen LogP contribution is -2.24. The lowest BCUT2D eigenvalue weighted by atomic mass is 10.1. The summed E-state index contributed by atoms with van der Waals surface area (Å²) in [5.41, 5.74) is 2.87. The average Bonchev–Trinajstić information content (AvgIpc) is 3.07. The minimum Gasteiger partial charge on any atom is -0.493 e. The van der Waals surface area contributed by atoms with Gasteiger partial charge in [0, 0.05) is 18.8 Å². The zero-order chi connectivity index (χ0) is 13.2.